The fourth-order valence-corrected chi connectivity index (χ4v) is 2.25. The SMILES string of the molecule is [2H]C1([2H])N(C(NC=O)C(Cl)(Cl)Cl)C([2H])([2H])C([2H])([2H])N(C(NC=O)C(Cl)(Cl)Cl)C1([2H])[2H]. The molecule has 0 aromatic carbocycles. The second-order valence-electron chi connectivity index (χ2n) is 3.64. The molecule has 2 N–H and O–H groups in total. The summed E-state index contributed by atoms with van der Waals surface area (Å²) in [5, 5.41) is 3.69. The summed E-state index contributed by atoms with van der Waals surface area (Å²) in [7, 11) is 0. The van der Waals surface area contributed by atoms with E-state index in [9.17, 15) is 9.59 Å². The number of hydrogen-bond donors (Lipinski definition) is 2. The number of hydrogen-bond acceptors (Lipinski definition) is 4. The third-order valence-corrected chi connectivity index (χ3v) is 3.41. The van der Waals surface area contributed by atoms with Gasteiger partial charge >= 0.3 is 0 Å². The second kappa shape index (κ2) is 8.62. The van der Waals surface area contributed by atoms with E-state index in [4.69, 9.17) is 80.6 Å². The Hall–Kier alpha value is 0.600. The molecule has 1 heterocycles. The second-order valence-corrected chi connectivity index (χ2v) is 8.38. The molecule has 1 saturated heterocycles. The van der Waals surface area contributed by atoms with Gasteiger partial charge in [0, 0.05) is 37.0 Å². The van der Waals surface area contributed by atoms with E-state index < -0.39 is 45.9 Å². The summed E-state index contributed by atoms with van der Waals surface area (Å²) in [5.41, 5.74) is 0. The minimum atomic E-state index is -3.55. The Labute approximate surface area is 169 Å². The summed E-state index contributed by atoms with van der Waals surface area (Å²) >= 11 is 34.4. The number of carbonyl (C=O) groups is 2. The molecule has 0 saturated carbocycles. The summed E-state index contributed by atoms with van der Waals surface area (Å²) in [4.78, 5) is 21.7. The van der Waals surface area contributed by atoms with E-state index in [1.165, 1.54) is 0 Å². The Morgan fingerprint density at radius 2 is 1.09 bits per heavy atom. The molecule has 128 valence electrons. The van der Waals surface area contributed by atoms with Crippen LogP contribution in [0.2, 0.25) is 0 Å². The fraction of sp³-hybridized carbons (Fsp3) is 0.800. The van der Waals surface area contributed by atoms with Crippen molar-refractivity contribution in [3.05, 3.63) is 0 Å². The van der Waals surface area contributed by atoms with Gasteiger partial charge in [0.15, 0.2) is 0 Å². The lowest BCUT2D eigenvalue weighted by Gasteiger charge is -2.44. The number of carbonyl (C=O) groups excluding carboxylic acids is 2. The molecule has 2 atom stereocenters. The predicted octanol–water partition coefficient (Wildman–Crippen LogP) is 1.49. The van der Waals surface area contributed by atoms with Crippen LogP contribution in [0.4, 0.5) is 0 Å². The molecule has 1 aliphatic heterocycles. The zero-order chi connectivity index (χ0) is 24.1. The first kappa shape index (κ1) is 11.3. The standard InChI is InChI=1S/C10H14Cl6N4O2/c11-9(12,13)7(17-5-21)19-1-2-20(4-3-19)8(18-6-22)10(14,15)16/h5-8H,1-4H2,(H,17,21)(H,18,22)/i1D2,2D2,3D2,4D2. The summed E-state index contributed by atoms with van der Waals surface area (Å²) in [6.45, 7) is -14.2. The lowest BCUT2D eigenvalue weighted by Crippen LogP contribution is -2.63. The summed E-state index contributed by atoms with van der Waals surface area (Å²) in [6.07, 6.45) is -4.53. The highest BCUT2D eigenvalue weighted by Gasteiger charge is 2.42. The third kappa shape index (κ3) is 5.91. The number of nitrogens with one attached hydrogen (secondary N) is 2. The molecule has 0 aromatic heterocycles. The van der Waals surface area contributed by atoms with Gasteiger partial charge < -0.3 is 10.6 Å². The highest BCUT2D eigenvalue weighted by molar-refractivity contribution is 6.68. The Kier molecular flexibility index (Phi) is 4.41. The molecule has 12 heteroatoms. The van der Waals surface area contributed by atoms with Crippen molar-refractivity contribution in [2.45, 2.75) is 19.9 Å². The van der Waals surface area contributed by atoms with Crippen LogP contribution >= 0.6 is 69.6 Å². The maximum Gasteiger partial charge on any atom is 0.223 e. The Morgan fingerprint density at radius 3 is 1.27 bits per heavy atom. The Bertz CT molecular complexity index is 592. The summed E-state index contributed by atoms with van der Waals surface area (Å²) < 4.78 is 60.8. The number of halogens is 6. The lowest BCUT2D eigenvalue weighted by atomic mass is 10.2. The van der Waals surface area contributed by atoms with Crippen LogP contribution in [-0.2, 0) is 9.59 Å². The van der Waals surface area contributed by atoms with Gasteiger partial charge in [-0.15, -0.1) is 0 Å². The first-order chi connectivity index (χ1) is 13.1. The van der Waals surface area contributed by atoms with Crippen LogP contribution in [0.25, 0.3) is 0 Å². The van der Waals surface area contributed by atoms with Gasteiger partial charge in [-0.2, -0.15) is 0 Å². The van der Waals surface area contributed by atoms with Crippen molar-refractivity contribution in [1.82, 2.24) is 20.4 Å². The van der Waals surface area contributed by atoms with Gasteiger partial charge in [-0.1, -0.05) is 69.6 Å². The normalized spacial score (nSPS) is 35.5. The molecule has 2 amide bonds. The van der Waals surface area contributed by atoms with E-state index in [0.717, 1.165) is 0 Å². The van der Waals surface area contributed by atoms with Gasteiger partial charge in [-0.25, -0.2) is 0 Å². The van der Waals surface area contributed by atoms with Crippen LogP contribution in [-0.4, -0.2) is 68.5 Å². The van der Waals surface area contributed by atoms with E-state index in [-0.39, 0.29) is 22.6 Å². The molecular weight excluding hydrogens is 421 g/mol. The van der Waals surface area contributed by atoms with E-state index >= 15 is 0 Å². The van der Waals surface area contributed by atoms with Gasteiger partial charge in [-0.05, 0) is 0 Å². The first-order valence-corrected chi connectivity index (χ1v) is 7.52. The van der Waals surface area contributed by atoms with E-state index in [1.54, 1.807) is 0 Å². The molecule has 0 aliphatic carbocycles. The van der Waals surface area contributed by atoms with Crippen LogP contribution in [0.15, 0.2) is 0 Å². The molecule has 0 bridgehead atoms. The van der Waals surface area contributed by atoms with Crippen LogP contribution in [0.5, 0.6) is 0 Å². The quantitative estimate of drug-likeness (QED) is 0.483. The van der Waals surface area contributed by atoms with E-state index in [1.807, 2.05) is 10.6 Å². The van der Waals surface area contributed by atoms with Crippen LogP contribution in [0.1, 0.15) is 11.0 Å². The van der Waals surface area contributed by atoms with Crippen molar-refractivity contribution in [3.8, 4) is 0 Å². The first-order valence-electron chi connectivity index (χ1n) is 9.25. The zero-order valence-corrected chi connectivity index (χ0v) is 14.8. The van der Waals surface area contributed by atoms with E-state index in [2.05, 4.69) is 0 Å². The third-order valence-electron chi connectivity index (χ3n) is 2.17. The van der Waals surface area contributed by atoms with Gasteiger partial charge in [0.2, 0.25) is 20.4 Å². The fourth-order valence-electron chi connectivity index (χ4n) is 1.29. The van der Waals surface area contributed by atoms with Crippen molar-refractivity contribution in [2.24, 2.45) is 0 Å². The van der Waals surface area contributed by atoms with Gasteiger partial charge in [0.05, 0.1) is 0 Å². The number of piperazine rings is 1. The van der Waals surface area contributed by atoms with Crippen molar-refractivity contribution >= 4 is 82.4 Å². The van der Waals surface area contributed by atoms with Crippen molar-refractivity contribution in [2.75, 3.05) is 26.0 Å². The molecule has 0 radical (unpaired) electrons. The molecule has 1 aliphatic rings. The van der Waals surface area contributed by atoms with Gasteiger partial charge in [-0.3, -0.25) is 19.4 Å². The molecule has 2 unspecified atom stereocenters. The molecule has 22 heavy (non-hydrogen) atoms. The van der Waals surface area contributed by atoms with Crippen LogP contribution < -0.4 is 10.6 Å². The highest BCUT2D eigenvalue weighted by Crippen LogP contribution is 2.34. The molecule has 1 rings (SSSR count). The van der Waals surface area contributed by atoms with Gasteiger partial charge in [0.1, 0.15) is 12.3 Å². The molecule has 1 fully saturated rings. The van der Waals surface area contributed by atoms with Crippen molar-refractivity contribution in [3.63, 3.8) is 0 Å². The minimum Gasteiger partial charge on any atom is -0.339 e. The Balaban J connectivity index is 3.90. The number of alkyl halides is 6. The number of nitrogens with zero attached hydrogens (tertiary/aromatic N) is 2. The average molecular weight is 443 g/mol. The molecule has 0 aromatic rings. The maximum atomic E-state index is 11.0. The molecule has 6 nitrogen and oxygen atoms in total. The summed E-state index contributed by atoms with van der Waals surface area (Å²) in [5.74, 6) is 0. The topological polar surface area (TPSA) is 64.7 Å². The summed E-state index contributed by atoms with van der Waals surface area (Å²) in [6, 6.07) is 0. The van der Waals surface area contributed by atoms with Gasteiger partial charge in [0.25, 0.3) is 0 Å². The number of amides is 2. The van der Waals surface area contributed by atoms with E-state index in [0.29, 0.717) is 0 Å². The highest BCUT2D eigenvalue weighted by atomic mass is 35.6. The predicted molar refractivity (Wildman–Crippen MR) is 89.7 cm³/mol. The maximum absolute atomic E-state index is 11.0. The smallest absolute Gasteiger partial charge is 0.223 e. The monoisotopic (exact) mass is 440 g/mol. The van der Waals surface area contributed by atoms with Crippen LogP contribution in [0, 0.1) is 0 Å². The molecule has 0 spiro atoms. The largest absolute Gasteiger partial charge is 0.339 e. The van der Waals surface area contributed by atoms with Crippen LogP contribution in [0.3, 0.4) is 0 Å². The molecular formula is C10H14Cl6N4O2. The number of rotatable bonds is 6. The average Bonchev–Trinajstić information content (AvgIpc) is 2.50. The zero-order valence-electron chi connectivity index (χ0n) is 18.3. The van der Waals surface area contributed by atoms with Crippen molar-refractivity contribution in [1.29, 1.82) is 0 Å². The van der Waals surface area contributed by atoms with Crippen molar-refractivity contribution < 1.29 is 20.6 Å². The minimum absolute atomic E-state index is 0.0751. The lowest BCUT2D eigenvalue weighted by molar-refractivity contribution is -0.113. The Morgan fingerprint density at radius 1 is 0.818 bits per heavy atom.